The van der Waals surface area contributed by atoms with Gasteiger partial charge in [0.1, 0.15) is 0 Å². The summed E-state index contributed by atoms with van der Waals surface area (Å²) in [5.41, 5.74) is 0.892. The van der Waals surface area contributed by atoms with E-state index >= 15 is 0 Å². The lowest BCUT2D eigenvalue weighted by molar-refractivity contribution is 0.0561. The van der Waals surface area contributed by atoms with E-state index in [-0.39, 0.29) is 0 Å². The van der Waals surface area contributed by atoms with Crippen molar-refractivity contribution in [1.82, 2.24) is 10.2 Å². The molecule has 100 valence electrons. The minimum absolute atomic E-state index is 0.316. The van der Waals surface area contributed by atoms with Crippen molar-refractivity contribution in [2.45, 2.75) is 32.5 Å². The average Bonchev–Trinajstić information content (AvgIpc) is 2.74. The zero-order valence-corrected chi connectivity index (χ0v) is 11.1. The van der Waals surface area contributed by atoms with Crippen LogP contribution in [0.15, 0.2) is 16.7 Å². The second-order valence-corrected chi connectivity index (χ2v) is 4.93. The SMILES string of the molecule is COC(=O)c1occc1CN1CC(C)NC(C)C1. The van der Waals surface area contributed by atoms with Crippen molar-refractivity contribution < 1.29 is 13.9 Å². The van der Waals surface area contributed by atoms with Crippen LogP contribution in [0.5, 0.6) is 0 Å². The van der Waals surface area contributed by atoms with Gasteiger partial charge in [-0.05, 0) is 19.9 Å². The van der Waals surface area contributed by atoms with Gasteiger partial charge in [-0.1, -0.05) is 0 Å². The van der Waals surface area contributed by atoms with Gasteiger partial charge in [0.05, 0.1) is 13.4 Å². The van der Waals surface area contributed by atoms with E-state index < -0.39 is 5.97 Å². The van der Waals surface area contributed by atoms with Crippen LogP contribution in [0.4, 0.5) is 0 Å². The molecule has 1 N–H and O–H groups in total. The van der Waals surface area contributed by atoms with Crippen LogP contribution in [0.2, 0.25) is 0 Å². The third-order valence-electron chi connectivity index (χ3n) is 3.14. The Kier molecular flexibility index (Phi) is 4.04. The van der Waals surface area contributed by atoms with E-state index in [4.69, 9.17) is 9.15 Å². The van der Waals surface area contributed by atoms with Crippen molar-refractivity contribution in [3.05, 3.63) is 23.7 Å². The van der Waals surface area contributed by atoms with Crippen LogP contribution in [0.25, 0.3) is 0 Å². The maximum atomic E-state index is 11.5. The molecular formula is C13H20N2O3. The third kappa shape index (κ3) is 2.91. The molecule has 2 atom stereocenters. The van der Waals surface area contributed by atoms with Gasteiger partial charge >= 0.3 is 5.97 Å². The van der Waals surface area contributed by atoms with Crippen LogP contribution in [0.1, 0.15) is 30.0 Å². The number of methoxy groups -OCH3 is 1. The average molecular weight is 252 g/mol. The Bertz CT molecular complexity index is 406. The molecule has 1 aliphatic heterocycles. The minimum Gasteiger partial charge on any atom is -0.463 e. The number of furan rings is 1. The van der Waals surface area contributed by atoms with E-state index in [0.717, 1.165) is 25.2 Å². The maximum Gasteiger partial charge on any atom is 0.374 e. The molecule has 0 bridgehead atoms. The summed E-state index contributed by atoms with van der Waals surface area (Å²) in [6.45, 7) is 6.99. The summed E-state index contributed by atoms with van der Waals surface area (Å²) in [4.78, 5) is 13.8. The summed E-state index contributed by atoms with van der Waals surface area (Å²) < 4.78 is 9.90. The first-order valence-corrected chi connectivity index (χ1v) is 6.23. The van der Waals surface area contributed by atoms with Crippen LogP contribution in [0.3, 0.4) is 0 Å². The van der Waals surface area contributed by atoms with Gasteiger partial charge in [0.25, 0.3) is 0 Å². The maximum absolute atomic E-state index is 11.5. The third-order valence-corrected chi connectivity index (χ3v) is 3.14. The Morgan fingerprint density at radius 1 is 1.50 bits per heavy atom. The van der Waals surface area contributed by atoms with Gasteiger partial charge in [0.15, 0.2) is 0 Å². The molecule has 5 nitrogen and oxygen atoms in total. The molecule has 0 radical (unpaired) electrons. The Morgan fingerprint density at radius 2 is 2.17 bits per heavy atom. The molecule has 0 aromatic carbocycles. The number of hydrogen-bond acceptors (Lipinski definition) is 5. The van der Waals surface area contributed by atoms with Gasteiger partial charge in [0.2, 0.25) is 5.76 Å². The Balaban J connectivity index is 2.05. The highest BCUT2D eigenvalue weighted by Gasteiger charge is 2.23. The molecule has 18 heavy (non-hydrogen) atoms. The first kappa shape index (κ1) is 13.1. The summed E-state index contributed by atoms with van der Waals surface area (Å²) in [5, 5.41) is 3.48. The molecule has 2 rings (SSSR count). The second kappa shape index (κ2) is 5.54. The van der Waals surface area contributed by atoms with E-state index in [1.54, 1.807) is 0 Å². The van der Waals surface area contributed by atoms with Crippen molar-refractivity contribution in [2.75, 3.05) is 20.2 Å². The molecule has 1 aromatic rings. The zero-order valence-electron chi connectivity index (χ0n) is 11.1. The Morgan fingerprint density at radius 3 is 2.78 bits per heavy atom. The molecule has 5 heteroatoms. The quantitative estimate of drug-likeness (QED) is 0.820. The van der Waals surface area contributed by atoms with Crippen LogP contribution in [-0.2, 0) is 11.3 Å². The van der Waals surface area contributed by atoms with Crippen molar-refractivity contribution in [3.63, 3.8) is 0 Å². The molecule has 0 amide bonds. The highest BCUT2D eigenvalue weighted by molar-refractivity contribution is 5.87. The molecular weight excluding hydrogens is 232 g/mol. The number of carbonyl (C=O) groups is 1. The van der Waals surface area contributed by atoms with Crippen LogP contribution in [-0.4, -0.2) is 43.2 Å². The highest BCUT2D eigenvalue weighted by Crippen LogP contribution is 2.16. The molecule has 0 aliphatic carbocycles. The summed E-state index contributed by atoms with van der Waals surface area (Å²) in [5.74, 6) is -0.0948. The lowest BCUT2D eigenvalue weighted by Gasteiger charge is -2.35. The number of ether oxygens (including phenoxy) is 1. The second-order valence-electron chi connectivity index (χ2n) is 4.93. The van der Waals surface area contributed by atoms with E-state index in [9.17, 15) is 4.79 Å². The molecule has 0 spiro atoms. The van der Waals surface area contributed by atoms with Crippen LogP contribution in [0, 0.1) is 0 Å². The first-order valence-electron chi connectivity index (χ1n) is 6.23. The molecule has 1 saturated heterocycles. The monoisotopic (exact) mass is 252 g/mol. The number of rotatable bonds is 3. The fourth-order valence-electron chi connectivity index (χ4n) is 2.54. The molecule has 1 fully saturated rings. The van der Waals surface area contributed by atoms with Crippen molar-refractivity contribution >= 4 is 5.97 Å². The van der Waals surface area contributed by atoms with Crippen molar-refractivity contribution in [2.24, 2.45) is 0 Å². The lowest BCUT2D eigenvalue weighted by Crippen LogP contribution is -2.53. The lowest BCUT2D eigenvalue weighted by atomic mass is 10.1. The van der Waals surface area contributed by atoms with Gasteiger partial charge < -0.3 is 14.5 Å². The highest BCUT2D eigenvalue weighted by atomic mass is 16.5. The zero-order chi connectivity index (χ0) is 13.1. The number of piperazine rings is 1. The number of nitrogens with zero attached hydrogens (tertiary/aromatic N) is 1. The smallest absolute Gasteiger partial charge is 0.374 e. The van der Waals surface area contributed by atoms with Crippen LogP contribution >= 0.6 is 0 Å². The summed E-state index contributed by atoms with van der Waals surface area (Å²) >= 11 is 0. The van der Waals surface area contributed by atoms with E-state index in [1.807, 2.05) is 6.07 Å². The summed E-state index contributed by atoms with van der Waals surface area (Å²) in [6.07, 6.45) is 1.54. The van der Waals surface area contributed by atoms with E-state index in [1.165, 1.54) is 13.4 Å². The molecule has 1 aliphatic rings. The normalized spacial score (nSPS) is 25.1. The van der Waals surface area contributed by atoms with Gasteiger partial charge in [-0.3, -0.25) is 4.90 Å². The summed E-state index contributed by atoms with van der Waals surface area (Å²) in [6, 6.07) is 2.76. The Hall–Kier alpha value is -1.33. The predicted molar refractivity (Wildman–Crippen MR) is 67.4 cm³/mol. The first-order chi connectivity index (χ1) is 8.60. The largest absolute Gasteiger partial charge is 0.463 e. The molecule has 0 saturated carbocycles. The molecule has 1 aromatic heterocycles. The Labute approximate surface area is 107 Å². The topological polar surface area (TPSA) is 54.7 Å². The van der Waals surface area contributed by atoms with E-state index in [0.29, 0.717) is 17.8 Å². The standard InChI is InChI=1S/C13H20N2O3/c1-9-6-15(7-10(2)14-9)8-11-4-5-18-12(11)13(16)17-3/h4-5,9-10,14H,6-8H2,1-3H3. The van der Waals surface area contributed by atoms with Crippen molar-refractivity contribution in [3.8, 4) is 0 Å². The van der Waals surface area contributed by atoms with Gasteiger partial charge in [-0.2, -0.15) is 0 Å². The predicted octanol–water partition coefficient (Wildman–Crippen LogP) is 1.25. The minimum atomic E-state index is -0.411. The number of carbonyl (C=O) groups excluding carboxylic acids is 1. The fraction of sp³-hybridized carbons (Fsp3) is 0.615. The van der Waals surface area contributed by atoms with Gasteiger partial charge in [0, 0.05) is 37.3 Å². The van der Waals surface area contributed by atoms with Crippen molar-refractivity contribution in [1.29, 1.82) is 0 Å². The molecule has 2 heterocycles. The van der Waals surface area contributed by atoms with Gasteiger partial charge in [-0.15, -0.1) is 0 Å². The van der Waals surface area contributed by atoms with Crippen LogP contribution < -0.4 is 5.32 Å². The van der Waals surface area contributed by atoms with E-state index in [2.05, 4.69) is 24.1 Å². The molecule has 2 unspecified atom stereocenters. The summed E-state index contributed by atoms with van der Waals surface area (Å²) in [7, 11) is 1.36. The fourth-order valence-corrected chi connectivity index (χ4v) is 2.54. The number of nitrogens with one attached hydrogen (secondary N) is 1. The number of hydrogen-bond donors (Lipinski definition) is 1. The number of esters is 1. The van der Waals surface area contributed by atoms with Gasteiger partial charge in [-0.25, -0.2) is 4.79 Å².